The number of rotatable bonds is 2. The molecule has 0 aliphatic carbocycles. The highest BCUT2D eigenvalue weighted by Gasteiger charge is 1.95. The van der Waals surface area contributed by atoms with Gasteiger partial charge in [-0.2, -0.15) is 0 Å². The van der Waals surface area contributed by atoms with Crippen LogP contribution in [0.3, 0.4) is 0 Å². The molecule has 0 heterocycles. The Hall–Kier alpha value is -0.890. The fourth-order valence-corrected chi connectivity index (χ4v) is 1.07. The molecule has 0 aromatic heterocycles. The van der Waals surface area contributed by atoms with Crippen molar-refractivity contribution in [1.82, 2.24) is 5.32 Å². The molecule has 2 heteroatoms. The molecule has 0 aliphatic heterocycles. The van der Waals surface area contributed by atoms with Gasteiger partial charge in [-0.15, -0.1) is 0 Å². The summed E-state index contributed by atoms with van der Waals surface area (Å²) >= 11 is 5.09. The van der Waals surface area contributed by atoms with Crippen LogP contribution >= 0.6 is 12.2 Å². The van der Waals surface area contributed by atoms with Crippen LogP contribution in [0.5, 0.6) is 0 Å². The molecule has 0 fully saturated rings. The van der Waals surface area contributed by atoms with Gasteiger partial charge in [0.15, 0.2) is 0 Å². The summed E-state index contributed by atoms with van der Waals surface area (Å²) in [5, 5.41) is 3.07. The lowest BCUT2D eigenvalue weighted by Gasteiger charge is -2.03. The van der Waals surface area contributed by atoms with Crippen molar-refractivity contribution in [3.05, 3.63) is 35.9 Å². The van der Waals surface area contributed by atoms with Gasteiger partial charge in [0.25, 0.3) is 0 Å². The van der Waals surface area contributed by atoms with Gasteiger partial charge >= 0.3 is 0 Å². The normalized spacial score (nSPS) is 9.18. The largest absolute Gasteiger partial charge is 0.376 e. The lowest BCUT2D eigenvalue weighted by atomic mass is 10.2. The Balaban J connectivity index is 2.69. The lowest BCUT2D eigenvalue weighted by Crippen LogP contribution is -2.21. The van der Waals surface area contributed by atoms with Crippen LogP contribution in [-0.4, -0.2) is 11.5 Å². The number of hydrogen-bond donors (Lipinski definition) is 1. The smallest absolute Gasteiger partial charge is 0.106 e. The maximum atomic E-state index is 5.09. The van der Waals surface area contributed by atoms with Crippen molar-refractivity contribution >= 4 is 17.2 Å². The van der Waals surface area contributed by atoms with Crippen LogP contribution in [-0.2, 0) is 0 Å². The van der Waals surface area contributed by atoms with Gasteiger partial charge in [0.2, 0.25) is 0 Å². The van der Waals surface area contributed by atoms with Crippen LogP contribution in [0.15, 0.2) is 24.3 Å². The third-order valence-corrected chi connectivity index (χ3v) is 1.69. The van der Waals surface area contributed by atoms with Crippen molar-refractivity contribution in [3.63, 3.8) is 0 Å². The second-order valence-corrected chi connectivity index (χ2v) is 2.56. The van der Waals surface area contributed by atoms with E-state index in [-0.39, 0.29) is 0 Å². The minimum Gasteiger partial charge on any atom is -0.376 e. The number of benzene rings is 1. The van der Waals surface area contributed by atoms with E-state index in [1.165, 1.54) is 0 Å². The maximum absolute atomic E-state index is 5.09. The SMILES string of the molecule is CCNC(=S)c1c[c]ccc1. The highest BCUT2D eigenvalue weighted by Crippen LogP contribution is 1.97. The van der Waals surface area contributed by atoms with Crippen molar-refractivity contribution in [2.24, 2.45) is 0 Å². The van der Waals surface area contributed by atoms with Gasteiger partial charge in [-0.1, -0.05) is 30.4 Å². The van der Waals surface area contributed by atoms with Gasteiger partial charge < -0.3 is 5.32 Å². The van der Waals surface area contributed by atoms with E-state index in [1.807, 2.05) is 31.2 Å². The molecule has 0 atom stereocenters. The Morgan fingerprint density at radius 2 is 2.55 bits per heavy atom. The summed E-state index contributed by atoms with van der Waals surface area (Å²) in [5.74, 6) is 0. The maximum Gasteiger partial charge on any atom is 0.106 e. The summed E-state index contributed by atoms with van der Waals surface area (Å²) in [5.41, 5.74) is 1.03. The molecule has 0 spiro atoms. The predicted molar refractivity (Wildman–Crippen MR) is 50.7 cm³/mol. The molecule has 0 bridgehead atoms. The Bertz CT molecular complexity index is 231. The van der Waals surface area contributed by atoms with Gasteiger partial charge in [0, 0.05) is 12.1 Å². The topological polar surface area (TPSA) is 12.0 Å². The van der Waals surface area contributed by atoms with Crippen LogP contribution in [0.1, 0.15) is 12.5 Å². The lowest BCUT2D eigenvalue weighted by molar-refractivity contribution is 0.983. The first kappa shape index (κ1) is 8.21. The van der Waals surface area contributed by atoms with Crippen LogP contribution in [0.2, 0.25) is 0 Å². The van der Waals surface area contributed by atoms with Crippen molar-refractivity contribution < 1.29 is 0 Å². The molecule has 0 unspecified atom stereocenters. The van der Waals surface area contributed by atoms with E-state index in [2.05, 4.69) is 11.4 Å². The van der Waals surface area contributed by atoms with Crippen molar-refractivity contribution in [2.45, 2.75) is 6.92 Å². The highest BCUT2D eigenvalue weighted by molar-refractivity contribution is 7.80. The molecule has 1 radical (unpaired) electrons. The quantitative estimate of drug-likeness (QED) is 0.669. The van der Waals surface area contributed by atoms with E-state index in [1.54, 1.807) is 0 Å². The minimum atomic E-state index is 0.796. The average molecular weight is 164 g/mol. The summed E-state index contributed by atoms with van der Waals surface area (Å²) in [4.78, 5) is 0.796. The molecule has 57 valence electrons. The zero-order valence-electron chi connectivity index (χ0n) is 6.42. The predicted octanol–water partition coefficient (Wildman–Crippen LogP) is 1.77. The fourth-order valence-electron chi connectivity index (χ4n) is 0.797. The molecular weight excluding hydrogens is 154 g/mol. The molecule has 0 saturated carbocycles. The Labute approximate surface area is 72.4 Å². The van der Waals surface area contributed by atoms with Gasteiger partial charge in [0.1, 0.15) is 4.99 Å². The minimum absolute atomic E-state index is 0.796. The second-order valence-electron chi connectivity index (χ2n) is 2.15. The van der Waals surface area contributed by atoms with Crippen LogP contribution in [0, 0.1) is 6.07 Å². The van der Waals surface area contributed by atoms with Crippen molar-refractivity contribution in [1.29, 1.82) is 0 Å². The summed E-state index contributed by atoms with van der Waals surface area (Å²) < 4.78 is 0. The fraction of sp³-hybridized carbons (Fsp3) is 0.222. The average Bonchev–Trinajstić information content (AvgIpc) is 2.07. The Morgan fingerprint density at radius 1 is 1.73 bits per heavy atom. The Morgan fingerprint density at radius 3 is 3.09 bits per heavy atom. The first-order chi connectivity index (χ1) is 5.34. The van der Waals surface area contributed by atoms with E-state index in [0.29, 0.717) is 0 Å². The molecule has 1 aromatic rings. The third-order valence-electron chi connectivity index (χ3n) is 1.31. The molecule has 0 saturated heterocycles. The number of hydrogen-bond acceptors (Lipinski definition) is 1. The van der Waals surface area contributed by atoms with E-state index in [4.69, 9.17) is 12.2 Å². The standard InChI is InChI=1S/C9H10NS/c1-2-10-9(11)8-6-4-3-5-7-8/h3-4,6-7H,2H2,1H3,(H,10,11). The summed E-state index contributed by atoms with van der Waals surface area (Å²) in [6.07, 6.45) is 0. The first-order valence-corrected chi connectivity index (χ1v) is 3.99. The highest BCUT2D eigenvalue weighted by atomic mass is 32.1. The molecule has 1 N–H and O–H groups in total. The molecule has 0 amide bonds. The van der Waals surface area contributed by atoms with E-state index in [9.17, 15) is 0 Å². The van der Waals surface area contributed by atoms with Crippen molar-refractivity contribution in [3.8, 4) is 0 Å². The summed E-state index contributed by atoms with van der Waals surface area (Å²) in [6.45, 7) is 2.90. The van der Waals surface area contributed by atoms with Gasteiger partial charge in [-0.05, 0) is 19.1 Å². The number of nitrogens with one attached hydrogen (secondary N) is 1. The molecule has 1 aromatic carbocycles. The van der Waals surface area contributed by atoms with Crippen LogP contribution in [0.25, 0.3) is 0 Å². The van der Waals surface area contributed by atoms with Crippen LogP contribution in [0.4, 0.5) is 0 Å². The first-order valence-electron chi connectivity index (χ1n) is 3.59. The zero-order valence-corrected chi connectivity index (χ0v) is 7.24. The van der Waals surface area contributed by atoms with Gasteiger partial charge in [-0.25, -0.2) is 0 Å². The zero-order chi connectivity index (χ0) is 8.10. The summed E-state index contributed by atoms with van der Waals surface area (Å²) in [6, 6.07) is 10.6. The van der Waals surface area contributed by atoms with E-state index >= 15 is 0 Å². The van der Waals surface area contributed by atoms with Crippen LogP contribution < -0.4 is 5.32 Å². The van der Waals surface area contributed by atoms with E-state index in [0.717, 1.165) is 17.1 Å². The molecule has 0 aliphatic rings. The number of thiocarbonyl (C=S) groups is 1. The summed E-state index contributed by atoms with van der Waals surface area (Å²) in [7, 11) is 0. The molecular formula is C9H10NS. The second kappa shape index (κ2) is 4.09. The van der Waals surface area contributed by atoms with Crippen molar-refractivity contribution in [2.75, 3.05) is 6.54 Å². The third kappa shape index (κ3) is 2.31. The monoisotopic (exact) mass is 164 g/mol. The van der Waals surface area contributed by atoms with Gasteiger partial charge in [-0.3, -0.25) is 0 Å². The molecule has 1 rings (SSSR count). The van der Waals surface area contributed by atoms with E-state index < -0.39 is 0 Å². The molecule has 1 nitrogen and oxygen atoms in total. The van der Waals surface area contributed by atoms with Gasteiger partial charge in [0.05, 0.1) is 0 Å². The Kier molecular flexibility index (Phi) is 3.05. The molecule has 11 heavy (non-hydrogen) atoms.